The smallest absolute Gasteiger partial charge is 0.394 e. The summed E-state index contributed by atoms with van der Waals surface area (Å²) in [5, 5.41) is 10.8. The molecule has 1 N–H and O–H groups in total. The van der Waals surface area contributed by atoms with Crippen LogP contribution in [0.4, 0.5) is 5.00 Å². The van der Waals surface area contributed by atoms with E-state index in [1.807, 2.05) is 0 Å². The first kappa shape index (κ1) is 10.2. The minimum absolute atomic E-state index is 0.597. The highest BCUT2D eigenvalue weighted by atomic mass is 79.9. The fraction of sp³-hybridized carbons (Fsp3) is 0.143. The highest BCUT2D eigenvalue weighted by Crippen LogP contribution is 2.27. The van der Waals surface area contributed by atoms with E-state index >= 15 is 0 Å². The molecule has 0 fully saturated rings. The van der Waals surface area contributed by atoms with E-state index in [4.69, 9.17) is 5.11 Å². The minimum atomic E-state index is -1.45. The van der Waals surface area contributed by atoms with Crippen LogP contribution in [-0.2, 0) is 9.59 Å². The maximum absolute atomic E-state index is 11.0. The molecule has 0 aliphatic carbocycles. The Labute approximate surface area is 86.9 Å². The molecule has 1 heterocycles. The average molecular weight is 264 g/mol. The largest absolute Gasteiger partial charge is 0.474 e. The second kappa shape index (κ2) is 3.89. The Kier molecular flexibility index (Phi) is 3.05. The van der Waals surface area contributed by atoms with E-state index in [9.17, 15) is 9.59 Å². The molecule has 0 atom stereocenters. The van der Waals surface area contributed by atoms with Gasteiger partial charge in [-0.2, -0.15) is 0 Å². The van der Waals surface area contributed by atoms with Gasteiger partial charge in [-0.25, -0.2) is 4.79 Å². The van der Waals surface area contributed by atoms with Crippen LogP contribution < -0.4 is 4.90 Å². The van der Waals surface area contributed by atoms with Crippen molar-refractivity contribution in [3.05, 3.63) is 15.9 Å². The van der Waals surface area contributed by atoms with Gasteiger partial charge in [0.05, 0.1) is 5.00 Å². The zero-order chi connectivity index (χ0) is 10.0. The lowest BCUT2D eigenvalue weighted by Crippen LogP contribution is -2.32. The Morgan fingerprint density at radius 2 is 2.23 bits per heavy atom. The van der Waals surface area contributed by atoms with E-state index < -0.39 is 11.9 Å². The number of amides is 1. The van der Waals surface area contributed by atoms with Crippen LogP contribution in [0, 0.1) is 0 Å². The summed E-state index contributed by atoms with van der Waals surface area (Å²) in [6.45, 7) is 0. The zero-order valence-electron chi connectivity index (χ0n) is 6.65. The van der Waals surface area contributed by atoms with Gasteiger partial charge in [-0.3, -0.25) is 9.69 Å². The molecule has 0 aromatic carbocycles. The minimum Gasteiger partial charge on any atom is -0.474 e. The lowest BCUT2D eigenvalue weighted by atomic mass is 10.5. The molecule has 70 valence electrons. The van der Waals surface area contributed by atoms with Gasteiger partial charge in [0.25, 0.3) is 0 Å². The molecule has 1 amide bonds. The van der Waals surface area contributed by atoms with E-state index in [2.05, 4.69) is 15.9 Å². The van der Waals surface area contributed by atoms with Crippen LogP contribution in [-0.4, -0.2) is 24.0 Å². The zero-order valence-corrected chi connectivity index (χ0v) is 9.05. The number of rotatable bonds is 1. The summed E-state index contributed by atoms with van der Waals surface area (Å²) in [5.41, 5.74) is 0. The predicted octanol–water partition coefficient (Wildman–Crippen LogP) is 1.56. The lowest BCUT2D eigenvalue weighted by Gasteiger charge is -2.10. The van der Waals surface area contributed by atoms with Crippen molar-refractivity contribution in [3.8, 4) is 0 Å². The van der Waals surface area contributed by atoms with Crippen LogP contribution in [0.1, 0.15) is 0 Å². The highest BCUT2D eigenvalue weighted by Gasteiger charge is 2.19. The number of anilines is 1. The Morgan fingerprint density at radius 1 is 1.62 bits per heavy atom. The van der Waals surface area contributed by atoms with Crippen molar-refractivity contribution in [2.45, 2.75) is 0 Å². The first-order chi connectivity index (χ1) is 6.02. The highest BCUT2D eigenvalue weighted by molar-refractivity contribution is 9.10. The molecule has 0 aliphatic heterocycles. The third kappa shape index (κ3) is 2.28. The van der Waals surface area contributed by atoms with Gasteiger partial charge in [0.15, 0.2) is 0 Å². The molecule has 0 radical (unpaired) electrons. The maximum atomic E-state index is 11.0. The number of carbonyl (C=O) groups is 2. The third-order valence-electron chi connectivity index (χ3n) is 1.37. The lowest BCUT2D eigenvalue weighted by molar-refractivity contribution is -0.148. The topological polar surface area (TPSA) is 57.6 Å². The molecule has 1 aromatic heterocycles. The van der Waals surface area contributed by atoms with Crippen LogP contribution in [0.25, 0.3) is 0 Å². The molecule has 1 aromatic rings. The fourth-order valence-corrected chi connectivity index (χ4v) is 2.11. The summed E-state index contributed by atoms with van der Waals surface area (Å²) in [6, 6.07) is 1.69. The third-order valence-corrected chi connectivity index (χ3v) is 3.14. The van der Waals surface area contributed by atoms with Gasteiger partial charge in [-0.05, 0) is 22.0 Å². The number of aliphatic carboxylic acids is 1. The molecule has 0 saturated carbocycles. The van der Waals surface area contributed by atoms with Gasteiger partial charge in [-0.15, -0.1) is 11.3 Å². The standard InChI is InChI=1S/C7H6BrNO3S/c1-9(6(10)7(11)12)5-2-4(8)3-13-5/h2-3H,1H3,(H,11,12). The number of carboxylic acid groups (broad SMARTS) is 1. The Hall–Kier alpha value is -0.880. The number of likely N-dealkylation sites (N-methyl/N-ethyl adjacent to an activating group) is 1. The molecule has 4 nitrogen and oxygen atoms in total. The van der Waals surface area contributed by atoms with Gasteiger partial charge in [0.2, 0.25) is 0 Å². The van der Waals surface area contributed by atoms with E-state index in [0.29, 0.717) is 5.00 Å². The summed E-state index contributed by atoms with van der Waals surface area (Å²) in [6.07, 6.45) is 0. The first-order valence-electron chi connectivity index (χ1n) is 3.27. The number of halogens is 1. The summed E-state index contributed by atoms with van der Waals surface area (Å²) < 4.78 is 0.831. The van der Waals surface area contributed by atoms with Crippen LogP contribution in [0.2, 0.25) is 0 Å². The Bertz CT molecular complexity index is 349. The summed E-state index contributed by atoms with van der Waals surface area (Å²) >= 11 is 4.51. The van der Waals surface area contributed by atoms with Gasteiger partial charge in [0, 0.05) is 16.9 Å². The van der Waals surface area contributed by atoms with E-state index in [1.165, 1.54) is 18.4 Å². The second-order valence-electron chi connectivity index (χ2n) is 2.27. The SMILES string of the molecule is CN(C(=O)C(=O)O)c1cc(Br)cs1. The van der Waals surface area contributed by atoms with Crippen LogP contribution in [0.5, 0.6) is 0 Å². The molecule has 0 saturated heterocycles. The molecule has 1 rings (SSSR count). The molecule has 0 spiro atoms. The van der Waals surface area contributed by atoms with Gasteiger partial charge < -0.3 is 5.11 Å². The van der Waals surface area contributed by atoms with Crippen molar-refractivity contribution >= 4 is 44.1 Å². The number of carboxylic acids is 1. The number of nitrogens with zero attached hydrogens (tertiary/aromatic N) is 1. The van der Waals surface area contributed by atoms with E-state index in [1.54, 1.807) is 11.4 Å². The molecule has 0 aliphatic rings. The van der Waals surface area contributed by atoms with Gasteiger partial charge >= 0.3 is 11.9 Å². The van der Waals surface area contributed by atoms with Crippen molar-refractivity contribution in [1.82, 2.24) is 0 Å². The molecule has 0 bridgehead atoms. The monoisotopic (exact) mass is 263 g/mol. The number of hydrogen-bond donors (Lipinski definition) is 1. The average Bonchev–Trinajstić information content (AvgIpc) is 2.49. The van der Waals surface area contributed by atoms with Crippen molar-refractivity contribution in [1.29, 1.82) is 0 Å². The Balaban J connectivity index is 2.85. The fourth-order valence-electron chi connectivity index (χ4n) is 0.722. The van der Waals surface area contributed by atoms with Crippen LogP contribution in [0.15, 0.2) is 15.9 Å². The van der Waals surface area contributed by atoms with E-state index in [0.717, 1.165) is 9.37 Å². The number of hydrogen-bond acceptors (Lipinski definition) is 3. The van der Waals surface area contributed by atoms with Gasteiger partial charge in [0.1, 0.15) is 0 Å². The maximum Gasteiger partial charge on any atom is 0.394 e. The van der Waals surface area contributed by atoms with Crippen LogP contribution in [0.3, 0.4) is 0 Å². The number of thiophene rings is 1. The summed E-state index contributed by atoms with van der Waals surface area (Å²) in [7, 11) is 1.43. The Morgan fingerprint density at radius 3 is 2.62 bits per heavy atom. The van der Waals surface area contributed by atoms with Crippen molar-refractivity contribution in [2.24, 2.45) is 0 Å². The first-order valence-corrected chi connectivity index (χ1v) is 4.94. The summed E-state index contributed by atoms with van der Waals surface area (Å²) in [5.74, 6) is -2.39. The van der Waals surface area contributed by atoms with Crippen molar-refractivity contribution in [2.75, 3.05) is 11.9 Å². The molecular weight excluding hydrogens is 258 g/mol. The van der Waals surface area contributed by atoms with Crippen molar-refractivity contribution in [3.63, 3.8) is 0 Å². The normalized spacial score (nSPS) is 9.69. The second-order valence-corrected chi connectivity index (χ2v) is 4.08. The van der Waals surface area contributed by atoms with E-state index in [-0.39, 0.29) is 0 Å². The quantitative estimate of drug-likeness (QED) is 0.783. The van der Waals surface area contributed by atoms with Crippen molar-refractivity contribution < 1.29 is 14.7 Å². The number of carbonyl (C=O) groups excluding carboxylic acids is 1. The van der Waals surface area contributed by atoms with Crippen LogP contribution >= 0.6 is 27.3 Å². The van der Waals surface area contributed by atoms with Gasteiger partial charge in [-0.1, -0.05) is 0 Å². The predicted molar refractivity (Wildman–Crippen MR) is 53.1 cm³/mol. The summed E-state index contributed by atoms with van der Waals surface area (Å²) in [4.78, 5) is 22.4. The molecular formula is C7H6BrNO3S. The molecule has 6 heteroatoms. The molecule has 13 heavy (non-hydrogen) atoms. The molecule has 0 unspecified atom stereocenters.